The molecule has 1 aliphatic heterocycles. The summed E-state index contributed by atoms with van der Waals surface area (Å²) in [5, 5.41) is 3.65. The maximum absolute atomic E-state index is 3.65. The van der Waals surface area contributed by atoms with Gasteiger partial charge in [-0.05, 0) is 25.3 Å². The molecule has 1 aromatic carbocycles. The molecule has 2 nitrogen and oxygen atoms in total. The molecule has 0 spiro atoms. The molecule has 1 unspecified atom stereocenters. The van der Waals surface area contributed by atoms with Gasteiger partial charge in [-0.1, -0.05) is 30.3 Å². The van der Waals surface area contributed by atoms with Gasteiger partial charge in [-0.3, -0.25) is 0 Å². The van der Waals surface area contributed by atoms with Crippen molar-refractivity contribution in [2.24, 2.45) is 0 Å². The molecule has 19 heavy (non-hydrogen) atoms. The summed E-state index contributed by atoms with van der Waals surface area (Å²) in [6.45, 7) is 7.17. The lowest BCUT2D eigenvalue weighted by molar-refractivity contribution is 0.295. The molecule has 1 aliphatic rings. The number of thioether (sulfide) groups is 1. The lowest BCUT2D eigenvalue weighted by Crippen LogP contribution is -2.39. The van der Waals surface area contributed by atoms with E-state index in [1.54, 1.807) is 0 Å². The van der Waals surface area contributed by atoms with Crippen molar-refractivity contribution in [3.8, 4) is 0 Å². The Balaban J connectivity index is 1.55. The van der Waals surface area contributed by atoms with Gasteiger partial charge in [0.05, 0.1) is 0 Å². The Morgan fingerprint density at radius 3 is 2.68 bits per heavy atom. The van der Waals surface area contributed by atoms with E-state index in [0.717, 1.165) is 6.54 Å². The van der Waals surface area contributed by atoms with E-state index in [9.17, 15) is 0 Å². The standard InChI is InChI=1S/C16H26N2S/c1-15(7-8-16-5-3-2-4-6-16)17-9-10-18-11-13-19-14-12-18/h2-6,15,17H,7-14H2,1H3. The lowest BCUT2D eigenvalue weighted by Gasteiger charge is -2.26. The van der Waals surface area contributed by atoms with E-state index in [2.05, 4.69) is 59.2 Å². The molecule has 1 fully saturated rings. The summed E-state index contributed by atoms with van der Waals surface area (Å²) in [5.41, 5.74) is 1.45. The minimum absolute atomic E-state index is 0.611. The van der Waals surface area contributed by atoms with Crippen LogP contribution in [0.25, 0.3) is 0 Å². The van der Waals surface area contributed by atoms with Crippen LogP contribution >= 0.6 is 11.8 Å². The topological polar surface area (TPSA) is 15.3 Å². The zero-order valence-corrected chi connectivity index (χ0v) is 12.8. The van der Waals surface area contributed by atoms with Crippen LogP contribution in [0.3, 0.4) is 0 Å². The monoisotopic (exact) mass is 278 g/mol. The van der Waals surface area contributed by atoms with Crippen molar-refractivity contribution in [1.29, 1.82) is 0 Å². The normalized spacial score (nSPS) is 18.4. The third kappa shape index (κ3) is 5.98. The third-order valence-corrected chi connectivity index (χ3v) is 4.68. The Bertz CT molecular complexity index is 336. The average molecular weight is 278 g/mol. The number of aryl methyl sites for hydroxylation is 1. The highest BCUT2D eigenvalue weighted by Gasteiger charge is 2.10. The summed E-state index contributed by atoms with van der Waals surface area (Å²) < 4.78 is 0. The van der Waals surface area contributed by atoms with Gasteiger partial charge >= 0.3 is 0 Å². The van der Waals surface area contributed by atoms with Crippen molar-refractivity contribution in [3.63, 3.8) is 0 Å². The van der Waals surface area contributed by atoms with Crippen molar-refractivity contribution in [3.05, 3.63) is 35.9 Å². The van der Waals surface area contributed by atoms with Crippen LogP contribution in [-0.4, -0.2) is 48.6 Å². The van der Waals surface area contributed by atoms with E-state index >= 15 is 0 Å². The Morgan fingerprint density at radius 2 is 1.95 bits per heavy atom. The van der Waals surface area contributed by atoms with Crippen molar-refractivity contribution in [2.75, 3.05) is 37.7 Å². The van der Waals surface area contributed by atoms with Gasteiger partial charge in [-0.25, -0.2) is 0 Å². The lowest BCUT2D eigenvalue weighted by atomic mass is 10.1. The molecule has 0 saturated carbocycles. The molecule has 1 saturated heterocycles. The van der Waals surface area contributed by atoms with Crippen LogP contribution in [0.1, 0.15) is 18.9 Å². The summed E-state index contributed by atoms with van der Waals surface area (Å²) in [4.78, 5) is 2.58. The second-order valence-electron chi connectivity index (χ2n) is 5.33. The van der Waals surface area contributed by atoms with E-state index in [1.807, 2.05) is 0 Å². The molecule has 106 valence electrons. The summed E-state index contributed by atoms with van der Waals surface area (Å²) in [5.74, 6) is 2.62. The number of rotatable bonds is 7. The van der Waals surface area contributed by atoms with Crippen LogP contribution in [0, 0.1) is 0 Å². The van der Waals surface area contributed by atoms with Gasteiger partial charge in [0.25, 0.3) is 0 Å². The largest absolute Gasteiger partial charge is 0.313 e. The minimum atomic E-state index is 0.611. The molecule has 0 aromatic heterocycles. The molecule has 1 heterocycles. The molecule has 0 radical (unpaired) electrons. The summed E-state index contributed by atoms with van der Waals surface area (Å²) in [6.07, 6.45) is 2.40. The fourth-order valence-electron chi connectivity index (χ4n) is 2.42. The van der Waals surface area contributed by atoms with Gasteiger partial charge in [0.15, 0.2) is 0 Å². The predicted octanol–water partition coefficient (Wildman–Crippen LogP) is 2.65. The molecule has 2 rings (SSSR count). The molecule has 0 amide bonds. The molecule has 1 aromatic rings. The van der Waals surface area contributed by atoms with Crippen LogP contribution in [-0.2, 0) is 6.42 Å². The maximum Gasteiger partial charge on any atom is 0.0108 e. The van der Waals surface area contributed by atoms with Crippen molar-refractivity contribution < 1.29 is 0 Å². The molecule has 1 N–H and O–H groups in total. The number of benzene rings is 1. The average Bonchev–Trinajstić information content (AvgIpc) is 2.47. The van der Waals surface area contributed by atoms with Crippen molar-refractivity contribution in [1.82, 2.24) is 10.2 Å². The minimum Gasteiger partial charge on any atom is -0.313 e. The molecular weight excluding hydrogens is 252 g/mol. The fourth-order valence-corrected chi connectivity index (χ4v) is 3.40. The first-order chi connectivity index (χ1) is 9.34. The van der Waals surface area contributed by atoms with Crippen LogP contribution in [0.4, 0.5) is 0 Å². The van der Waals surface area contributed by atoms with Crippen LogP contribution in [0.15, 0.2) is 30.3 Å². The van der Waals surface area contributed by atoms with Crippen LogP contribution in [0.5, 0.6) is 0 Å². The Morgan fingerprint density at radius 1 is 1.21 bits per heavy atom. The molecule has 0 aliphatic carbocycles. The highest BCUT2D eigenvalue weighted by Crippen LogP contribution is 2.08. The summed E-state index contributed by atoms with van der Waals surface area (Å²) >= 11 is 2.08. The number of hydrogen-bond donors (Lipinski definition) is 1. The van der Waals surface area contributed by atoms with E-state index in [0.29, 0.717) is 6.04 Å². The SMILES string of the molecule is CC(CCc1ccccc1)NCCN1CCSCC1. The highest BCUT2D eigenvalue weighted by atomic mass is 32.2. The molecule has 3 heteroatoms. The summed E-state index contributed by atoms with van der Waals surface area (Å²) in [7, 11) is 0. The quantitative estimate of drug-likeness (QED) is 0.825. The van der Waals surface area contributed by atoms with Gasteiger partial charge in [0.2, 0.25) is 0 Å². The maximum atomic E-state index is 3.65. The fraction of sp³-hybridized carbons (Fsp3) is 0.625. The molecule has 1 atom stereocenters. The van der Waals surface area contributed by atoms with Gasteiger partial charge in [-0.2, -0.15) is 11.8 Å². The number of nitrogens with zero attached hydrogens (tertiary/aromatic N) is 1. The van der Waals surface area contributed by atoms with Gasteiger partial charge in [0, 0.05) is 43.7 Å². The van der Waals surface area contributed by atoms with E-state index in [-0.39, 0.29) is 0 Å². The Labute approximate surface area is 122 Å². The van der Waals surface area contributed by atoms with Crippen molar-refractivity contribution >= 4 is 11.8 Å². The van der Waals surface area contributed by atoms with Gasteiger partial charge in [0.1, 0.15) is 0 Å². The highest BCUT2D eigenvalue weighted by molar-refractivity contribution is 7.99. The first-order valence-electron chi connectivity index (χ1n) is 7.42. The third-order valence-electron chi connectivity index (χ3n) is 3.73. The smallest absolute Gasteiger partial charge is 0.0108 e. The van der Waals surface area contributed by atoms with Crippen LogP contribution < -0.4 is 5.32 Å². The van der Waals surface area contributed by atoms with Crippen LogP contribution in [0.2, 0.25) is 0 Å². The van der Waals surface area contributed by atoms with Crippen molar-refractivity contribution in [2.45, 2.75) is 25.8 Å². The molecule has 0 bridgehead atoms. The molecular formula is C16H26N2S. The van der Waals surface area contributed by atoms with E-state index < -0.39 is 0 Å². The number of nitrogens with one attached hydrogen (secondary N) is 1. The zero-order valence-electron chi connectivity index (χ0n) is 12.0. The first kappa shape index (κ1) is 14.9. The second-order valence-corrected chi connectivity index (χ2v) is 6.56. The predicted molar refractivity (Wildman–Crippen MR) is 86.0 cm³/mol. The van der Waals surface area contributed by atoms with E-state index in [1.165, 1.54) is 49.5 Å². The Hall–Kier alpha value is -0.510. The number of hydrogen-bond acceptors (Lipinski definition) is 3. The zero-order chi connectivity index (χ0) is 13.3. The summed E-state index contributed by atoms with van der Waals surface area (Å²) in [6, 6.07) is 11.4. The first-order valence-corrected chi connectivity index (χ1v) is 8.57. The van der Waals surface area contributed by atoms with E-state index in [4.69, 9.17) is 0 Å². The van der Waals surface area contributed by atoms with Gasteiger partial charge < -0.3 is 10.2 Å². The Kier molecular flexibility index (Phi) is 6.75. The second kappa shape index (κ2) is 8.62. The van der Waals surface area contributed by atoms with Gasteiger partial charge in [-0.15, -0.1) is 0 Å².